The van der Waals surface area contributed by atoms with E-state index in [1.54, 1.807) is 6.07 Å². The van der Waals surface area contributed by atoms with E-state index in [0.717, 1.165) is 24.0 Å². The minimum atomic E-state index is -3.30. The molecule has 0 bridgehead atoms. The van der Waals surface area contributed by atoms with Gasteiger partial charge in [0.25, 0.3) is 0 Å². The van der Waals surface area contributed by atoms with Crippen molar-refractivity contribution < 1.29 is 22.3 Å². The molecule has 6 nitrogen and oxygen atoms in total. The lowest BCUT2D eigenvalue weighted by Gasteiger charge is -2.35. The van der Waals surface area contributed by atoms with Crippen LogP contribution in [0.4, 0.5) is 4.39 Å². The molecule has 3 rings (SSSR count). The molecule has 1 aromatic rings. The van der Waals surface area contributed by atoms with Crippen molar-refractivity contribution in [1.29, 1.82) is 0 Å². The molecule has 1 unspecified atom stereocenters. The zero-order valence-corrected chi connectivity index (χ0v) is 16.6. The Balaban J connectivity index is 1.69. The lowest BCUT2D eigenvalue weighted by Crippen LogP contribution is -2.55. The molecule has 1 aromatic carbocycles. The first-order valence-electron chi connectivity index (χ1n) is 9.26. The fourth-order valence-corrected chi connectivity index (χ4v) is 5.77. The van der Waals surface area contributed by atoms with Gasteiger partial charge >= 0.3 is 0 Å². The largest absolute Gasteiger partial charge is 0.379 e. The highest BCUT2D eigenvalue weighted by Gasteiger charge is 2.43. The van der Waals surface area contributed by atoms with Crippen molar-refractivity contribution in [3.05, 3.63) is 35.1 Å². The number of amides is 1. The van der Waals surface area contributed by atoms with Crippen molar-refractivity contribution in [1.82, 2.24) is 10.6 Å². The van der Waals surface area contributed by atoms with Crippen LogP contribution in [0.3, 0.4) is 0 Å². The predicted octanol–water partition coefficient (Wildman–Crippen LogP) is 1.32. The third-order valence-electron chi connectivity index (χ3n) is 5.42. The average Bonchev–Trinajstić information content (AvgIpc) is 2.91. The molecule has 2 aliphatic heterocycles. The SMILES string of the molecule is Cc1ccc(F)cc1CN[C@@H]1CS(=O)(=O)C[C@H]1C(=O)NC1(C)CCCOC1. The van der Waals surface area contributed by atoms with Crippen LogP contribution in [0.5, 0.6) is 0 Å². The summed E-state index contributed by atoms with van der Waals surface area (Å²) < 4.78 is 43.3. The molecule has 3 atom stereocenters. The zero-order chi connectivity index (χ0) is 19.7. The molecular weight excluding hydrogens is 371 g/mol. The first kappa shape index (κ1) is 20.2. The maximum absolute atomic E-state index is 13.5. The summed E-state index contributed by atoms with van der Waals surface area (Å²) in [5, 5.41) is 6.16. The van der Waals surface area contributed by atoms with Gasteiger partial charge in [0.2, 0.25) is 5.91 Å². The van der Waals surface area contributed by atoms with E-state index in [4.69, 9.17) is 4.74 Å². The molecule has 2 N–H and O–H groups in total. The third-order valence-corrected chi connectivity index (χ3v) is 7.15. The molecule has 0 saturated carbocycles. The summed E-state index contributed by atoms with van der Waals surface area (Å²) in [5.74, 6) is -1.53. The van der Waals surface area contributed by atoms with Gasteiger partial charge in [0.1, 0.15) is 5.82 Å². The second-order valence-electron chi connectivity index (χ2n) is 7.95. The van der Waals surface area contributed by atoms with Crippen LogP contribution in [0.25, 0.3) is 0 Å². The van der Waals surface area contributed by atoms with Gasteiger partial charge in [-0.15, -0.1) is 0 Å². The van der Waals surface area contributed by atoms with E-state index in [1.807, 2.05) is 13.8 Å². The maximum Gasteiger partial charge on any atom is 0.226 e. The van der Waals surface area contributed by atoms with Crippen LogP contribution in [-0.4, -0.2) is 50.6 Å². The zero-order valence-electron chi connectivity index (χ0n) is 15.8. The van der Waals surface area contributed by atoms with Crippen molar-refractivity contribution in [2.75, 3.05) is 24.7 Å². The number of benzene rings is 1. The molecule has 0 aromatic heterocycles. The summed E-state index contributed by atoms with van der Waals surface area (Å²) in [6.07, 6.45) is 1.67. The molecule has 1 amide bonds. The standard InChI is InChI=1S/C19H27FN2O4S/c1-13-4-5-15(20)8-14(13)9-21-17-11-27(24,25)10-16(17)18(23)22-19(2)6-3-7-26-12-19/h4-5,8,16-17,21H,3,6-7,9-12H2,1-2H3,(H,22,23)/t16-,17-,19?/m1/s1. The Labute approximate surface area is 159 Å². The molecule has 2 heterocycles. The number of hydrogen-bond acceptors (Lipinski definition) is 5. The van der Waals surface area contributed by atoms with Gasteiger partial charge in [0, 0.05) is 19.2 Å². The van der Waals surface area contributed by atoms with Crippen molar-refractivity contribution in [2.24, 2.45) is 5.92 Å². The number of ether oxygens (including phenoxy) is 1. The second-order valence-corrected chi connectivity index (χ2v) is 10.1. The second kappa shape index (κ2) is 7.85. The van der Waals surface area contributed by atoms with E-state index >= 15 is 0 Å². The molecule has 2 aliphatic rings. The van der Waals surface area contributed by atoms with E-state index in [1.165, 1.54) is 12.1 Å². The van der Waals surface area contributed by atoms with Gasteiger partial charge in [-0.05, 0) is 49.9 Å². The van der Waals surface area contributed by atoms with Gasteiger partial charge in [0.05, 0.1) is 29.6 Å². The van der Waals surface area contributed by atoms with Crippen molar-refractivity contribution >= 4 is 15.7 Å². The number of carbonyl (C=O) groups is 1. The Morgan fingerprint density at radius 3 is 2.85 bits per heavy atom. The van der Waals surface area contributed by atoms with E-state index in [-0.39, 0.29) is 23.2 Å². The Morgan fingerprint density at radius 2 is 2.15 bits per heavy atom. The van der Waals surface area contributed by atoms with E-state index in [0.29, 0.717) is 19.8 Å². The fourth-order valence-electron chi connectivity index (χ4n) is 3.80. The minimum absolute atomic E-state index is 0.0906. The van der Waals surface area contributed by atoms with Gasteiger partial charge in [-0.1, -0.05) is 6.07 Å². The Bertz CT molecular complexity index is 806. The topological polar surface area (TPSA) is 84.5 Å². The Morgan fingerprint density at radius 1 is 1.37 bits per heavy atom. The number of hydrogen-bond donors (Lipinski definition) is 2. The Kier molecular flexibility index (Phi) is 5.88. The third kappa shape index (κ3) is 5.06. The Hall–Kier alpha value is -1.51. The molecule has 0 spiro atoms. The summed E-state index contributed by atoms with van der Waals surface area (Å²) in [4.78, 5) is 12.8. The number of rotatable bonds is 5. The van der Waals surface area contributed by atoms with Crippen LogP contribution in [-0.2, 0) is 25.9 Å². The van der Waals surface area contributed by atoms with Gasteiger partial charge in [-0.2, -0.15) is 0 Å². The van der Waals surface area contributed by atoms with Crippen LogP contribution in [0.2, 0.25) is 0 Å². The highest BCUT2D eigenvalue weighted by atomic mass is 32.2. The van der Waals surface area contributed by atoms with Crippen LogP contribution in [0.1, 0.15) is 30.9 Å². The fraction of sp³-hybridized carbons (Fsp3) is 0.632. The highest BCUT2D eigenvalue weighted by molar-refractivity contribution is 7.91. The van der Waals surface area contributed by atoms with Crippen LogP contribution < -0.4 is 10.6 Å². The smallest absolute Gasteiger partial charge is 0.226 e. The summed E-state index contributed by atoms with van der Waals surface area (Å²) in [6, 6.07) is 4.01. The first-order chi connectivity index (χ1) is 12.7. The van der Waals surface area contributed by atoms with E-state index in [2.05, 4.69) is 10.6 Å². The minimum Gasteiger partial charge on any atom is -0.379 e. The monoisotopic (exact) mass is 398 g/mol. The summed E-state index contributed by atoms with van der Waals surface area (Å²) in [6.45, 7) is 5.22. The first-order valence-corrected chi connectivity index (χ1v) is 11.1. The summed E-state index contributed by atoms with van der Waals surface area (Å²) >= 11 is 0. The number of aryl methyl sites for hydroxylation is 1. The van der Waals surface area contributed by atoms with E-state index < -0.39 is 27.3 Å². The normalized spacial score (nSPS) is 30.2. The summed E-state index contributed by atoms with van der Waals surface area (Å²) in [7, 11) is -3.30. The molecule has 0 radical (unpaired) electrons. The number of nitrogens with one attached hydrogen (secondary N) is 2. The highest BCUT2D eigenvalue weighted by Crippen LogP contribution is 2.24. The van der Waals surface area contributed by atoms with Crippen molar-refractivity contribution in [2.45, 2.75) is 44.8 Å². The molecule has 2 saturated heterocycles. The predicted molar refractivity (Wildman–Crippen MR) is 101 cm³/mol. The van der Waals surface area contributed by atoms with Gasteiger partial charge in [0.15, 0.2) is 9.84 Å². The molecule has 2 fully saturated rings. The maximum atomic E-state index is 13.5. The average molecular weight is 399 g/mol. The van der Waals surface area contributed by atoms with Crippen LogP contribution >= 0.6 is 0 Å². The quantitative estimate of drug-likeness (QED) is 0.782. The van der Waals surface area contributed by atoms with Crippen LogP contribution in [0.15, 0.2) is 18.2 Å². The van der Waals surface area contributed by atoms with Crippen molar-refractivity contribution in [3.8, 4) is 0 Å². The number of carbonyl (C=O) groups excluding carboxylic acids is 1. The number of halogens is 1. The van der Waals surface area contributed by atoms with Gasteiger partial charge in [-0.25, -0.2) is 12.8 Å². The molecule has 0 aliphatic carbocycles. The molecule has 27 heavy (non-hydrogen) atoms. The molecular formula is C19H27FN2O4S. The lowest BCUT2D eigenvalue weighted by atomic mass is 9.93. The molecule has 150 valence electrons. The lowest BCUT2D eigenvalue weighted by molar-refractivity contribution is -0.128. The van der Waals surface area contributed by atoms with Gasteiger partial charge < -0.3 is 15.4 Å². The van der Waals surface area contributed by atoms with Crippen molar-refractivity contribution in [3.63, 3.8) is 0 Å². The summed E-state index contributed by atoms with van der Waals surface area (Å²) in [5.41, 5.74) is 1.20. The van der Waals surface area contributed by atoms with E-state index in [9.17, 15) is 17.6 Å². The van der Waals surface area contributed by atoms with Crippen LogP contribution in [0, 0.1) is 18.7 Å². The number of sulfone groups is 1. The van der Waals surface area contributed by atoms with Gasteiger partial charge in [-0.3, -0.25) is 4.79 Å². The molecule has 8 heteroatoms.